The number of rotatable bonds is 3. The van der Waals surface area contributed by atoms with Gasteiger partial charge in [-0.3, -0.25) is 14.4 Å². The van der Waals surface area contributed by atoms with Crippen LogP contribution in [0, 0.1) is 11.8 Å². The summed E-state index contributed by atoms with van der Waals surface area (Å²) in [4.78, 5) is 34.4. The van der Waals surface area contributed by atoms with Crippen molar-refractivity contribution in [3.63, 3.8) is 0 Å². The van der Waals surface area contributed by atoms with E-state index in [4.69, 9.17) is 14.9 Å². The monoisotopic (exact) mass is 278 g/mol. The molecule has 0 aromatic heterocycles. The van der Waals surface area contributed by atoms with Crippen LogP contribution in [0.4, 0.5) is 0 Å². The predicted octanol–water partition coefficient (Wildman–Crippen LogP) is 0.764. The molecule has 0 fully saturated rings. The summed E-state index contributed by atoms with van der Waals surface area (Å²) in [5.41, 5.74) is 1.32. The Bertz CT molecular complexity index is 577. The van der Waals surface area contributed by atoms with Crippen molar-refractivity contribution in [3.05, 3.63) is 29.3 Å². The van der Waals surface area contributed by atoms with Crippen molar-refractivity contribution in [2.24, 2.45) is 11.8 Å². The highest BCUT2D eigenvalue weighted by Crippen LogP contribution is 2.29. The molecular weight excluding hydrogens is 264 g/mol. The Balaban J connectivity index is 2.49. The molecule has 2 unspecified atom stereocenters. The number of hydrogen-bond acceptors (Lipinski definition) is 4. The van der Waals surface area contributed by atoms with Crippen molar-refractivity contribution < 1.29 is 29.3 Å². The number of Topliss-reactive ketones (excluding diaryl/α,β-unsaturated/α-hetero) is 1. The van der Waals surface area contributed by atoms with Crippen LogP contribution in [0.25, 0.3) is 0 Å². The first-order valence-corrected chi connectivity index (χ1v) is 6.09. The number of ketones is 1. The molecule has 0 aliphatic heterocycles. The van der Waals surface area contributed by atoms with Gasteiger partial charge in [0.05, 0.1) is 7.11 Å². The van der Waals surface area contributed by atoms with E-state index in [1.165, 1.54) is 7.11 Å². The molecule has 1 aliphatic carbocycles. The van der Waals surface area contributed by atoms with Crippen molar-refractivity contribution >= 4 is 17.7 Å². The third kappa shape index (κ3) is 2.49. The highest BCUT2D eigenvalue weighted by Gasteiger charge is 2.39. The third-order valence-electron chi connectivity index (χ3n) is 3.54. The number of carboxylic acid groups (broad SMARTS) is 2. The van der Waals surface area contributed by atoms with Crippen LogP contribution in [0.5, 0.6) is 5.75 Å². The van der Waals surface area contributed by atoms with E-state index >= 15 is 0 Å². The van der Waals surface area contributed by atoms with Crippen LogP contribution >= 0.6 is 0 Å². The second-order valence-electron chi connectivity index (χ2n) is 4.73. The summed E-state index contributed by atoms with van der Waals surface area (Å²) < 4.78 is 5.07. The van der Waals surface area contributed by atoms with Gasteiger partial charge in [0.1, 0.15) is 17.6 Å². The zero-order chi connectivity index (χ0) is 14.9. The van der Waals surface area contributed by atoms with E-state index in [1.807, 2.05) is 0 Å². The van der Waals surface area contributed by atoms with Gasteiger partial charge in [0.15, 0.2) is 5.78 Å². The van der Waals surface area contributed by atoms with E-state index in [-0.39, 0.29) is 12.8 Å². The first kappa shape index (κ1) is 14.0. The Kier molecular flexibility index (Phi) is 3.74. The standard InChI is InChI=1S/C14H14O6/c1-20-9-3-2-7-5-10(13(16)17)12(15)11(14(18)19)6-8(7)4-9/h2-4,10-11H,5-6H2,1H3,(H,16,17)(H,18,19). The highest BCUT2D eigenvalue weighted by atomic mass is 16.5. The topological polar surface area (TPSA) is 101 Å². The lowest BCUT2D eigenvalue weighted by atomic mass is 9.91. The van der Waals surface area contributed by atoms with E-state index in [1.54, 1.807) is 18.2 Å². The van der Waals surface area contributed by atoms with Gasteiger partial charge in [0, 0.05) is 0 Å². The number of carbonyl (C=O) groups excluding carboxylic acids is 1. The molecule has 0 heterocycles. The van der Waals surface area contributed by atoms with Gasteiger partial charge in [-0.2, -0.15) is 0 Å². The Morgan fingerprint density at radius 1 is 1.10 bits per heavy atom. The van der Waals surface area contributed by atoms with Crippen LogP contribution in [0.3, 0.4) is 0 Å². The summed E-state index contributed by atoms with van der Waals surface area (Å²) in [5, 5.41) is 18.3. The summed E-state index contributed by atoms with van der Waals surface area (Å²) in [6.45, 7) is 0. The molecule has 0 radical (unpaired) electrons. The lowest BCUT2D eigenvalue weighted by molar-refractivity contribution is -0.152. The van der Waals surface area contributed by atoms with Crippen molar-refractivity contribution in [2.75, 3.05) is 7.11 Å². The minimum atomic E-state index is -1.33. The van der Waals surface area contributed by atoms with E-state index in [0.29, 0.717) is 16.9 Å². The fourth-order valence-electron chi connectivity index (χ4n) is 2.42. The van der Waals surface area contributed by atoms with E-state index < -0.39 is 29.6 Å². The minimum Gasteiger partial charge on any atom is -0.497 e. The number of hydrogen-bond donors (Lipinski definition) is 2. The van der Waals surface area contributed by atoms with Gasteiger partial charge in [-0.1, -0.05) is 6.07 Å². The number of benzene rings is 1. The van der Waals surface area contributed by atoms with Gasteiger partial charge in [0.25, 0.3) is 0 Å². The molecule has 2 N–H and O–H groups in total. The summed E-state index contributed by atoms with van der Waals surface area (Å²) in [5.74, 6) is -5.42. The van der Waals surface area contributed by atoms with Gasteiger partial charge in [-0.05, 0) is 36.1 Å². The number of aliphatic carboxylic acids is 2. The number of methoxy groups -OCH3 is 1. The van der Waals surface area contributed by atoms with Gasteiger partial charge in [0.2, 0.25) is 0 Å². The molecule has 0 spiro atoms. The van der Waals surface area contributed by atoms with Crippen molar-refractivity contribution in [3.8, 4) is 5.75 Å². The molecule has 106 valence electrons. The fraction of sp³-hybridized carbons (Fsp3) is 0.357. The molecule has 20 heavy (non-hydrogen) atoms. The zero-order valence-corrected chi connectivity index (χ0v) is 10.8. The van der Waals surface area contributed by atoms with Crippen LogP contribution in [0.1, 0.15) is 11.1 Å². The Morgan fingerprint density at radius 2 is 1.65 bits per heavy atom. The smallest absolute Gasteiger partial charge is 0.314 e. The molecule has 1 aromatic carbocycles. The number of carbonyl (C=O) groups is 3. The largest absolute Gasteiger partial charge is 0.497 e. The highest BCUT2D eigenvalue weighted by molar-refractivity contribution is 6.08. The summed E-state index contributed by atoms with van der Waals surface area (Å²) in [6.07, 6.45) is 0.00174. The van der Waals surface area contributed by atoms with Gasteiger partial charge >= 0.3 is 11.9 Å². The van der Waals surface area contributed by atoms with Gasteiger partial charge in [-0.25, -0.2) is 0 Å². The molecule has 2 atom stereocenters. The second kappa shape index (κ2) is 5.32. The maximum Gasteiger partial charge on any atom is 0.314 e. The van der Waals surface area contributed by atoms with E-state index in [9.17, 15) is 14.4 Å². The van der Waals surface area contributed by atoms with Gasteiger partial charge in [-0.15, -0.1) is 0 Å². The molecule has 0 amide bonds. The van der Waals surface area contributed by atoms with Crippen molar-refractivity contribution in [1.82, 2.24) is 0 Å². The normalized spacial score (nSPS) is 21.8. The van der Waals surface area contributed by atoms with Crippen LogP contribution in [-0.2, 0) is 27.2 Å². The molecule has 6 nitrogen and oxygen atoms in total. The quantitative estimate of drug-likeness (QED) is 0.625. The third-order valence-corrected chi connectivity index (χ3v) is 3.54. The molecule has 2 rings (SSSR count). The van der Waals surface area contributed by atoms with Crippen LogP contribution < -0.4 is 4.74 Å². The molecule has 6 heteroatoms. The van der Waals surface area contributed by atoms with Crippen LogP contribution in [-0.4, -0.2) is 35.0 Å². The first-order valence-electron chi connectivity index (χ1n) is 6.09. The number of fused-ring (bicyclic) bond motifs is 1. The Labute approximate surface area is 115 Å². The van der Waals surface area contributed by atoms with Crippen LogP contribution in [0.2, 0.25) is 0 Å². The lowest BCUT2D eigenvalue weighted by Gasteiger charge is -2.11. The number of carboxylic acids is 2. The lowest BCUT2D eigenvalue weighted by Crippen LogP contribution is -2.34. The summed E-state index contributed by atoms with van der Waals surface area (Å²) in [6, 6.07) is 5.01. The van der Waals surface area contributed by atoms with E-state index in [2.05, 4.69) is 0 Å². The Morgan fingerprint density at radius 3 is 2.15 bits per heavy atom. The zero-order valence-electron chi connectivity index (χ0n) is 10.8. The van der Waals surface area contributed by atoms with Crippen LogP contribution in [0.15, 0.2) is 18.2 Å². The summed E-state index contributed by atoms with van der Waals surface area (Å²) >= 11 is 0. The number of ether oxygens (including phenoxy) is 1. The maximum atomic E-state index is 12.1. The van der Waals surface area contributed by atoms with E-state index in [0.717, 1.165) is 0 Å². The maximum absolute atomic E-state index is 12.1. The SMILES string of the molecule is COc1ccc2c(c1)CC(C(=O)O)C(=O)C(C(=O)O)C2. The van der Waals surface area contributed by atoms with Crippen molar-refractivity contribution in [2.45, 2.75) is 12.8 Å². The molecular formula is C14H14O6. The second-order valence-corrected chi connectivity index (χ2v) is 4.73. The first-order chi connectivity index (χ1) is 9.43. The Hall–Kier alpha value is -2.37. The average Bonchev–Trinajstić information content (AvgIpc) is 2.55. The molecule has 0 saturated carbocycles. The molecule has 0 bridgehead atoms. The van der Waals surface area contributed by atoms with Gasteiger partial charge < -0.3 is 14.9 Å². The average molecular weight is 278 g/mol. The summed E-state index contributed by atoms with van der Waals surface area (Å²) in [7, 11) is 1.48. The fourth-order valence-corrected chi connectivity index (χ4v) is 2.42. The predicted molar refractivity (Wildman–Crippen MR) is 67.7 cm³/mol. The van der Waals surface area contributed by atoms with Crippen molar-refractivity contribution in [1.29, 1.82) is 0 Å². The molecule has 1 aromatic rings. The molecule has 0 saturated heterocycles. The minimum absolute atomic E-state index is 0.00944. The molecule has 1 aliphatic rings.